The van der Waals surface area contributed by atoms with Crippen molar-refractivity contribution in [2.24, 2.45) is 10.9 Å². The highest BCUT2D eigenvalue weighted by molar-refractivity contribution is 5.79. The van der Waals surface area contributed by atoms with Crippen LogP contribution < -0.4 is 10.6 Å². The van der Waals surface area contributed by atoms with Crippen molar-refractivity contribution in [1.29, 1.82) is 0 Å². The third-order valence-corrected chi connectivity index (χ3v) is 2.67. The minimum Gasteiger partial charge on any atom is -0.356 e. The summed E-state index contributed by atoms with van der Waals surface area (Å²) in [5.74, 6) is 2.94. The van der Waals surface area contributed by atoms with Crippen LogP contribution in [-0.2, 0) is 6.42 Å². The number of hydrogen-bond acceptors (Lipinski definition) is 4. The lowest BCUT2D eigenvalue weighted by atomic mass is 10.1. The molecule has 0 spiro atoms. The first-order valence-electron chi connectivity index (χ1n) is 6.85. The Morgan fingerprint density at radius 2 is 2.05 bits per heavy atom. The average Bonchev–Trinajstić information content (AvgIpc) is 2.77. The molecule has 2 N–H and O–H groups in total. The number of hydrogen-bond donors (Lipinski definition) is 2. The van der Waals surface area contributed by atoms with E-state index in [2.05, 4.69) is 39.6 Å². The fourth-order valence-corrected chi connectivity index (χ4v) is 1.59. The molecule has 108 valence electrons. The molecule has 0 aliphatic rings. The normalized spacial score (nSPS) is 11.9. The van der Waals surface area contributed by atoms with E-state index in [1.807, 2.05) is 6.92 Å². The topological polar surface area (TPSA) is 75.3 Å². The highest BCUT2D eigenvalue weighted by atomic mass is 16.5. The van der Waals surface area contributed by atoms with Gasteiger partial charge in [-0.2, -0.15) is 4.98 Å². The van der Waals surface area contributed by atoms with Crippen molar-refractivity contribution < 1.29 is 4.52 Å². The SMILES string of the molecule is CN=C(NCCCc1nc(C)no1)NCCC(C)C. The van der Waals surface area contributed by atoms with E-state index in [0.29, 0.717) is 17.6 Å². The van der Waals surface area contributed by atoms with Gasteiger partial charge in [0.05, 0.1) is 0 Å². The van der Waals surface area contributed by atoms with Gasteiger partial charge < -0.3 is 15.2 Å². The van der Waals surface area contributed by atoms with E-state index < -0.39 is 0 Å². The Morgan fingerprint density at radius 1 is 1.32 bits per heavy atom. The second-order valence-electron chi connectivity index (χ2n) is 4.95. The molecule has 1 heterocycles. The third-order valence-electron chi connectivity index (χ3n) is 2.67. The molecule has 1 aromatic rings. The molecule has 1 rings (SSSR count). The number of aromatic nitrogens is 2. The fraction of sp³-hybridized carbons (Fsp3) is 0.769. The monoisotopic (exact) mass is 267 g/mol. The van der Waals surface area contributed by atoms with Crippen molar-refractivity contribution >= 4 is 5.96 Å². The summed E-state index contributed by atoms with van der Waals surface area (Å²) in [6.45, 7) is 8.03. The van der Waals surface area contributed by atoms with Gasteiger partial charge in [0.15, 0.2) is 11.8 Å². The van der Waals surface area contributed by atoms with Crippen molar-refractivity contribution in [3.63, 3.8) is 0 Å². The van der Waals surface area contributed by atoms with Crippen molar-refractivity contribution in [3.05, 3.63) is 11.7 Å². The molecule has 1 aromatic heterocycles. The van der Waals surface area contributed by atoms with Gasteiger partial charge in [-0.05, 0) is 25.7 Å². The molecule has 0 amide bonds. The molecule has 0 aliphatic heterocycles. The lowest BCUT2D eigenvalue weighted by Gasteiger charge is -2.12. The second-order valence-corrected chi connectivity index (χ2v) is 4.95. The summed E-state index contributed by atoms with van der Waals surface area (Å²) < 4.78 is 5.05. The summed E-state index contributed by atoms with van der Waals surface area (Å²) in [6, 6.07) is 0. The van der Waals surface area contributed by atoms with Gasteiger partial charge in [0.1, 0.15) is 0 Å². The summed E-state index contributed by atoms with van der Waals surface area (Å²) in [5, 5.41) is 10.3. The molecule has 0 radical (unpaired) electrons. The molecule has 0 saturated heterocycles. The second kappa shape index (κ2) is 8.50. The van der Waals surface area contributed by atoms with Crippen molar-refractivity contribution in [3.8, 4) is 0 Å². The zero-order valence-corrected chi connectivity index (χ0v) is 12.4. The zero-order valence-electron chi connectivity index (χ0n) is 12.4. The number of aliphatic imine (C=N–C) groups is 1. The summed E-state index contributed by atoms with van der Waals surface area (Å²) in [6.07, 6.45) is 2.87. The molecule has 0 aliphatic carbocycles. The van der Waals surface area contributed by atoms with E-state index in [0.717, 1.165) is 38.3 Å². The maximum Gasteiger partial charge on any atom is 0.226 e. The Morgan fingerprint density at radius 3 is 2.63 bits per heavy atom. The third kappa shape index (κ3) is 6.79. The summed E-state index contributed by atoms with van der Waals surface area (Å²) in [5.41, 5.74) is 0. The lowest BCUT2D eigenvalue weighted by molar-refractivity contribution is 0.372. The van der Waals surface area contributed by atoms with Crippen LogP contribution >= 0.6 is 0 Å². The molecule has 19 heavy (non-hydrogen) atoms. The number of guanidine groups is 1. The predicted octanol–water partition coefficient (Wildman–Crippen LogP) is 1.52. The molecular formula is C13H25N5O. The Kier molecular flexibility index (Phi) is 6.92. The van der Waals surface area contributed by atoms with Crippen LogP contribution in [0.2, 0.25) is 0 Å². The summed E-state index contributed by atoms with van der Waals surface area (Å²) >= 11 is 0. The van der Waals surface area contributed by atoms with Crippen LogP contribution in [-0.4, -0.2) is 36.2 Å². The number of nitrogens with zero attached hydrogens (tertiary/aromatic N) is 3. The van der Waals surface area contributed by atoms with Gasteiger partial charge >= 0.3 is 0 Å². The first-order valence-corrected chi connectivity index (χ1v) is 6.85. The van der Waals surface area contributed by atoms with Gasteiger partial charge in [-0.25, -0.2) is 0 Å². The van der Waals surface area contributed by atoms with Crippen LogP contribution in [0.25, 0.3) is 0 Å². The standard InChI is InChI=1S/C13H25N5O/c1-10(2)7-9-16-13(14-4)15-8-5-6-12-17-11(3)18-19-12/h10H,5-9H2,1-4H3,(H2,14,15,16). The maximum absolute atomic E-state index is 5.05. The van der Waals surface area contributed by atoms with Gasteiger partial charge in [0.2, 0.25) is 5.89 Å². The predicted molar refractivity (Wildman–Crippen MR) is 76.2 cm³/mol. The number of rotatable bonds is 7. The van der Waals surface area contributed by atoms with Crippen molar-refractivity contribution in [2.45, 2.75) is 40.0 Å². The number of aryl methyl sites for hydroxylation is 2. The van der Waals surface area contributed by atoms with Crippen LogP contribution in [0.3, 0.4) is 0 Å². The molecule has 0 bridgehead atoms. The summed E-state index contributed by atoms with van der Waals surface area (Å²) in [4.78, 5) is 8.34. The molecule has 6 heteroatoms. The van der Waals surface area contributed by atoms with Crippen molar-refractivity contribution in [2.75, 3.05) is 20.1 Å². The molecule has 0 unspecified atom stereocenters. The zero-order chi connectivity index (χ0) is 14.1. The fourth-order valence-electron chi connectivity index (χ4n) is 1.59. The summed E-state index contributed by atoms with van der Waals surface area (Å²) in [7, 11) is 1.78. The van der Waals surface area contributed by atoms with Crippen LogP contribution in [0.4, 0.5) is 0 Å². The van der Waals surface area contributed by atoms with E-state index in [4.69, 9.17) is 4.52 Å². The first-order chi connectivity index (χ1) is 9.11. The van der Waals surface area contributed by atoms with E-state index in [9.17, 15) is 0 Å². The highest BCUT2D eigenvalue weighted by Gasteiger charge is 2.02. The van der Waals surface area contributed by atoms with E-state index in [1.165, 1.54) is 0 Å². The van der Waals surface area contributed by atoms with E-state index in [1.54, 1.807) is 7.05 Å². The van der Waals surface area contributed by atoms with Crippen molar-refractivity contribution in [1.82, 2.24) is 20.8 Å². The van der Waals surface area contributed by atoms with E-state index in [-0.39, 0.29) is 0 Å². The largest absolute Gasteiger partial charge is 0.356 e. The van der Waals surface area contributed by atoms with Gasteiger partial charge in [-0.3, -0.25) is 4.99 Å². The number of nitrogens with one attached hydrogen (secondary N) is 2. The molecule has 0 saturated carbocycles. The minimum atomic E-state index is 0.689. The van der Waals surface area contributed by atoms with E-state index >= 15 is 0 Å². The average molecular weight is 267 g/mol. The molecular weight excluding hydrogens is 242 g/mol. The van der Waals surface area contributed by atoms with Gasteiger partial charge in [-0.1, -0.05) is 19.0 Å². The Labute approximate surface area is 115 Å². The lowest BCUT2D eigenvalue weighted by Crippen LogP contribution is -2.38. The minimum absolute atomic E-state index is 0.689. The van der Waals surface area contributed by atoms with Crippen LogP contribution in [0, 0.1) is 12.8 Å². The van der Waals surface area contributed by atoms with Crippen LogP contribution in [0.15, 0.2) is 9.52 Å². The first kappa shape index (κ1) is 15.5. The Bertz CT molecular complexity index is 386. The quantitative estimate of drug-likeness (QED) is 0.445. The maximum atomic E-state index is 5.05. The molecule has 0 atom stereocenters. The van der Waals surface area contributed by atoms with Crippen LogP contribution in [0.5, 0.6) is 0 Å². The molecule has 0 fully saturated rings. The van der Waals surface area contributed by atoms with Crippen LogP contribution in [0.1, 0.15) is 38.4 Å². The Hall–Kier alpha value is -1.59. The van der Waals surface area contributed by atoms with Gasteiger partial charge in [0.25, 0.3) is 0 Å². The highest BCUT2D eigenvalue weighted by Crippen LogP contribution is 1.99. The van der Waals surface area contributed by atoms with Gasteiger partial charge in [0, 0.05) is 26.6 Å². The smallest absolute Gasteiger partial charge is 0.226 e. The van der Waals surface area contributed by atoms with Gasteiger partial charge in [-0.15, -0.1) is 0 Å². The Balaban J connectivity index is 2.12. The molecule has 0 aromatic carbocycles. The molecule has 6 nitrogen and oxygen atoms in total.